The third kappa shape index (κ3) is 3.92. The fourth-order valence-corrected chi connectivity index (χ4v) is 0.758. The molecule has 0 saturated carbocycles. The average Bonchev–Trinajstić information content (AvgIpc) is 2.00. The molecule has 0 aromatic heterocycles. The molecule has 13 heavy (non-hydrogen) atoms. The second-order valence-electron chi connectivity index (χ2n) is 3.40. The van der Waals surface area contributed by atoms with Crippen molar-refractivity contribution in [3.63, 3.8) is 0 Å². The quantitative estimate of drug-likeness (QED) is 0.675. The van der Waals surface area contributed by atoms with Gasteiger partial charge in [-0.2, -0.15) is 0 Å². The van der Waals surface area contributed by atoms with Crippen molar-refractivity contribution in [3.05, 3.63) is 0 Å². The summed E-state index contributed by atoms with van der Waals surface area (Å²) in [4.78, 5) is 21.7. The Kier molecular flexibility index (Phi) is 4.45. The molecule has 0 aliphatic heterocycles. The van der Waals surface area contributed by atoms with Gasteiger partial charge in [-0.15, -0.1) is 0 Å². The molecule has 0 fully saturated rings. The number of carbonyl (C=O) groups excluding carboxylic acids is 1. The zero-order chi connectivity index (χ0) is 10.6. The highest BCUT2D eigenvalue weighted by Crippen LogP contribution is 2.13. The number of ether oxygens (including phenoxy) is 1. The molecule has 0 aliphatic rings. The highest BCUT2D eigenvalue weighted by atomic mass is 16.5. The van der Waals surface area contributed by atoms with E-state index < -0.39 is 23.8 Å². The van der Waals surface area contributed by atoms with Crippen molar-refractivity contribution in [2.75, 3.05) is 0 Å². The maximum Gasteiger partial charge on any atom is 0.309 e. The van der Waals surface area contributed by atoms with Gasteiger partial charge in [-0.1, -0.05) is 13.8 Å². The van der Waals surface area contributed by atoms with Crippen LogP contribution in [0, 0.1) is 11.8 Å². The Hall–Kier alpha value is -1.06. The maximum atomic E-state index is 11.2. The number of carboxylic acids is 1. The number of aliphatic carboxylic acids is 1. The smallest absolute Gasteiger partial charge is 0.309 e. The summed E-state index contributed by atoms with van der Waals surface area (Å²) in [7, 11) is 0. The molecule has 2 atom stereocenters. The van der Waals surface area contributed by atoms with E-state index in [1.807, 2.05) is 0 Å². The van der Waals surface area contributed by atoms with E-state index in [-0.39, 0.29) is 6.10 Å². The van der Waals surface area contributed by atoms with Gasteiger partial charge in [0.2, 0.25) is 0 Å². The number of hydrogen-bond acceptors (Lipinski definition) is 3. The van der Waals surface area contributed by atoms with Crippen molar-refractivity contribution in [1.82, 2.24) is 0 Å². The van der Waals surface area contributed by atoms with E-state index in [4.69, 9.17) is 9.84 Å². The Labute approximate surface area is 77.9 Å². The van der Waals surface area contributed by atoms with Gasteiger partial charge in [0.1, 0.15) is 0 Å². The van der Waals surface area contributed by atoms with Crippen LogP contribution >= 0.6 is 0 Å². The molecular weight excluding hydrogens is 172 g/mol. The lowest BCUT2D eigenvalue weighted by Gasteiger charge is -2.16. The predicted octanol–water partition coefficient (Wildman–Crippen LogP) is 1.29. The molecule has 0 bridgehead atoms. The summed E-state index contributed by atoms with van der Waals surface area (Å²) in [6.45, 7) is 6.52. The van der Waals surface area contributed by atoms with Crippen molar-refractivity contribution < 1.29 is 19.4 Å². The molecule has 4 heteroatoms. The highest BCUT2D eigenvalue weighted by Gasteiger charge is 2.27. The molecule has 76 valence electrons. The van der Waals surface area contributed by atoms with Crippen LogP contribution in [0.15, 0.2) is 0 Å². The first-order valence-corrected chi connectivity index (χ1v) is 4.29. The van der Waals surface area contributed by atoms with E-state index in [0.29, 0.717) is 0 Å². The van der Waals surface area contributed by atoms with Gasteiger partial charge in [0.25, 0.3) is 0 Å². The third-order valence-corrected chi connectivity index (χ3v) is 1.86. The van der Waals surface area contributed by atoms with Crippen LogP contribution in [-0.2, 0) is 14.3 Å². The van der Waals surface area contributed by atoms with Crippen LogP contribution in [0.3, 0.4) is 0 Å². The average molecular weight is 188 g/mol. The SMILES string of the molecule is CC(C)OC(=O)[C@@H](C)[C@@H](C)C(=O)O. The molecule has 0 radical (unpaired) electrons. The number of esters is 1. The summed E-state index contributed by atoms with van der Waals surface area (Å²) in [6, 6.07) is 0. The van der Waals surface area contributed by atoms with Crippen molar-refractivity contribution >= 4 is 11.9 Å². The molecule has 0 aromatic rings. The van der Waals surface area contributed by atoms with Crippen LogP contribution < -0.4 is 0 Å². The Bertz CT molecular complexity index is 198. The van der Waals surface area contributed by atoms with Crippen molar-refractivity contribution in [2.24, 2.45) is 11.8 Å². The van der Waals surface area contributed by atoms with E-state index in [0.717, 1.165) is 0 Å². The van der Waals surface area contributed by atoms with E-state index >= 15 is 0 Å². The predicted molar refractivity (Wildman–Crippen MR) is 47.2 cm³/mol. The standard InChI is InChI=1S/C9H16O4/c1-5(2)13-9(12)7(4)6(3)8(10)11/h5-7H,1-4H3,(H,10,11)/t6-,7+/m1/s1. The molecule has 1 N–H and O–H groups in total. The first-order valence-electron chi connectivity index (χ1n) is 4.29. The number of hydrogen-bond donors (Lipinski definition) is 1. The van der Waals surface area contributed by atoms with E-state index in [2.05, 4.69) is 0 Å². The fraction of sp³-hybridized carbons (Fsp3) is 0.778. The lowest BCUT2D eigenvalue weighted by atomic mass is 9.96. The molecule has 0 aromatic carbocycles. The summed E-state index contributed by atoms with van der Waals surface area (Å²) in [5, 5.41) is 8.63. The van der Waals surface area contributed by atoms with Crippen LogP contribution in [-0.4, -0.2) is 23.1 Å². The Balaban J connectivity index is 4.17. The summed E-state index contributed by atoms with van der Waals surface area (Å²) < 4.78 is 4.88. The largest absolute Gasteiger partial charge is 0.481 e. The van der Waals surface area contributed by atoms with Gasteiger partial charge in [0.15, 0.2) is 0 Å². The molecule has 0 spiro atoms. The van der Waals surface area contributed by atoms with Crippen LogP contribution in [0.2, 0.25) is 0 Å². The van der Waals surface area contributed by atoms with Crippen molar-refractivity contribution in [1.29, 1.82) is 0 Å². The number of carboxylic acid groups (broad SMARTS) is 1. The summed E-state index contributed by atoms with van der Waals surface area (Å²) in [6.07, 6.45) is -0.198. The minimum atomic E-state index is -0.979. The van der Waals surface area contributed by atoms with Crippen LogP contribution in [0.5, 0.6) is 0 Å². The van der Waals surface area contributed by atoms with Gasteiger partial charge in [0.05, 0.1) is 17.9 Å². The Morgan fingerprint density at radius 2 is 1.54 bits per heavy atom. The molecule has 0 saturated heterocycles. The van der Waals surface area contributed by atoms with Crippen molar-refractivity contribution in [3.8, 4) is 0 Å². The molecule has 0 rings (SSSR count). The number of rotatable bonds is 4. The van der Waals surface area contributed by atoms with Gasteiger partial charge in [0, 0.05) is 0 Å². The van der Waals surface area contributed by atoms with Crippen LogP contribution in [0.4, 0.5) is 0 Å². The maximum absolute atomic E-state index is 11.2. The lowest BCUT2D eigenvalue weighted by molar-refractivity contribution is -0.159. The minimum Gasteiger partial charge on any atom is -0.481 e. The fourth-order valence-electron chi connectivity index (χ4n) is 0.758. The van der Waals surface area contributed by atoms with Gasteiger partial charge in [-0.25, -0.2) is 0 Å². The highest BCUT2D eigenvalue weighted by molar-refractivity contribution is 5.80. The van der Waals surface area contributed by atoms with Gasteiger partial charge < -0.3 is 9.84 Å². The Morgan fingerprint density at radius 1 is 1.08 bits per heavy atom. The zero-order valence-electron chi connectivity index (χ0n) is 8.40. The second-order valence-corrected chi connectivity index (χ2v) is 3.40. The molecule has 0 heterocycles. The molecule has 4 nitrogen and oxygen atoms in total. The monoisotopic (exact) mass is 188 g/mol. The first kappa shape index (κ1) is 11.9. The topological polar surface area (TPSA) is 63.6 Å². The zero-order valence-corrected chi connectivity index (χ0v) is 8.40. The first-order chi connectivity index (χ1) is 5.86. The summed E-state index contributed by atoms with van der Waals surface area (Å²) >= 11 is 0. The van der Waals surface area contributed by atoms with Gasteiger partial charge >= 0.3 is 11.9 Å². The summed E-state index contributed by atoms with van der Waals surface area (Å²) in [5.41, 5.74) is 0. The molecule has 0 amide bonds. The number of carbonyl (C=O) groups is 2. The lowest BCUT2D eigenvalue weighted by Crippen LogP contribution is -2.28. The van der Waals surface area contributed by atoms with Crippen LogP contribution in [0.25, 0.3) is 0 Å². The Morgan fingerprint density at radius 3 is 1.85 bits per heavy atom. The third-order valence-electron chi connectivity index (χ3n) is 1.86. The second kappa shape index (κ2) is 4.84. The van der Waals surface area contributed by atoms with E-state index in [9.17, 15) is 9.59 Å². The van der Waals surface area contributed by atoms with Gasteiger partial charge in [-0.05, 0) is 13.8 Å². The molecule has 0 aliphatic carbocycles. The van der Waals surface area contributed by atoms with Crippen LogP contribution in [0.1, 0.15) is 27.7 Å². The molecular formula is C9H16O4. The van der Waals surface area contributed by atoms with E-state index in [1.165, 1.54) is 6.92 Å². The van der Waals surface area contributed by atoms with Crippen molar-refractivity contribution in [2.45, 2.75) is 33.8 Å². The normalized spacial score (nSPS) is 15.2. The molecule has 0 unspecified atom stereocenters. The summed E-state index contributed by atoms with van der Waals surface area (Å²) in [5.74, 6) is -2.73. The minimum absolute atomic E-state index is 0.198. The van der Waals surface area contributed by atoms with Gasteiger partial charge in [-0.3, -0.25) is 9.59 Å². The van der Waals surface area contributed by atoms with E-state index in [1.54, 1.807) is 20.8 Å².